The fourth-order valence-electron chi connectivity index (χ4n) is 2.50. The number of ether oxygens (including phenoxy) is 3. The molecule has 1 rings (SSSR count). The number of benzene rings is 1. The van der Waals surface area contributed by atoms with Crippen LogP contribution in [0.25, 0.3) is 0 Å². The summed E-state index contributed by atoms with van der Waals surface area (Å²) in [6.45, 7) is 11.0. The quantitative estimate of drug-likeness (QED) is 0.279. The van der Waals surface area contributed by atoms with Gasteiger partial charge in [-0.2, -0.15) is 0 Å². The Labute approximate surface area is 190 Å². The monoisotopic (exact) mass is 454 g/mol. The summed E-state index contributed by atoms with van der Waals surface area (Å²) >= 11 is 0. The van der Waals surface area contributed by atoms with Crippen molar-refractivity contribution in [3.63, 3.8) is 0 Å². The number of hydrogen-bond donors (Lipinski definition) is 2. The standard InChI is InChI=1S/C23H36NO8/c1-22(2,3)13-17(25)14-29-19-8-7-9-20(12-19)30-15-18(26)16-31-21(27)10-11-24(28)32-23(4,5)6/h7-12,17-18,25-26H,13-16H2,1-6H3/q-1/b11-10+. The maximum atomic E-state index is 11.6. The zero-order chi connectivity index (χ0) is 24.4. The molecule has 1 aromatic carbocycles. The van der Waals surface area contributed by atoms with Crippen LogP contribution < -0.4 is 9.47 Å². The highest BCUT2D eigenvalue weighted by Gasteiger charge is 2.17. The lowest BCUT2D eigenvalue weighted by atomic mass is 9.89. The Kier molecular flexibility index (Phi) is 10.9. The smallest absolute Gasteiger partial charge is 0.332 e. The van der Waals surface area contributed by atoms with Gasteiger partial charge in [-0.3, -0.25) is 4.84 Å². The Hall–Kier alpha value is -2.33. The van der Waals surface area contributed by atoms with E-state index in [4.69, 9.17) is 19.0 Å². The fraction of sp³-hybridized carbons (Fsp3) is 0.609. The van der Waals surface area contributed by atoms with Crippen molar-refractivity contribution in [3.8, 4) is 11.5 Å². The van der Waals surface area contributed by atoms with Crippen LogP contribution in [0.3, 0.4) is 0 Å². The van der Waals surface area contributed by atoms with Crippen molar-refractivity contribution >= 4 is 5.97 Å². The second-order valence-corrected chi connectivity index (χ2v) is 9.60. The zero-order valence-corrected chi connectivity index (χ0v) is 19.7. The predicted octanol–water partition coefficient (Wildman–Crippen LogP) is 3.19. The zero-order valence-electron chi connectivity index (χ0n) is 19.7. The maximum Gasteiger partial charge on any atom is 0.332 e. The molecule has 0 amide bonds. The molecule has 1 aromatic rings. The third-order valence-corrected chi connectivity index (χ3v) is 3.65. The van der Waals surface area contributed by atoms with Gasteiger partial charge in [-0.15, -0.1) is 0 Å². The lowest BCUT2D eigenvalue weighted by Gasteiger charge is -2.32. The third kappa shape index (κ3) is 13.9. The molecule has 0 saturated carbocycles. The third-order valence-electron chi connectivity index (χ3n) is 3.65. The molecule has 0 aromatic heterocycles. The van der Waals surface area contributed by atoms with E-state index < -0.39 is 23.8 Å². The molecule has 0 fully saturated rings. The Morgan fingerprint density at radius 1 is 1.03 bits per heavy atom. The molecular weight excluding hydrogens is 418 g/mol. The van der Waals surface area contributed by atoms with Crippen LogP contribution >= 0.6 is 0 Å². The topological polar surface area (TPSA) is 121 Å². The van der Waals surface area contributed by atoms with Crippen LogP contribution in [0.5, 0.6) is 11.5 Å². The van der Waals surface area contributed by atoms with Crippen LogP contribution in [-0.4, -0.2) is 59.0 Å². The second kappa shape index (κ2) is 12.6. The van der Waals surface area contributed by atoms with Gasteiger partial charge in [-0.05, 0) is 44.7 Å². The maximum absolute atomic E-state index is 11.6. The summed E-state index contributed by atoms with van der Waals surface area (Å²) in [5, 5.41) is 31.6. The van der Waals surface area contributed by atoms with Gasteiger partial charge in [0.25, 0.3) is 0 Å². The van der Waals surface area contributed by atoms with Crippen molar-refractivity contribution in [1.29, 1.82) is 0 Å². The van der Waals surface area contributed by atoms with Crippen molar-refractivity contribution in [1.82, 2.24) is 5.23 Å². The largest absolute Gasteiger partial charge is 0.734 e. The van der Waals surface area contributed by atoms with E-state index in [0.29, 0.717) is 17.9 Å². The van der Waals surface area contributed by atoms with Gasteiger partial charge in [0.05, 0.1) is 11.7 Å². The SMILES string of the molecule is CC(C)(C)CC(O)COc1cccc(OCC(O)COC(=O)/C=C/N([O-])OC(C)(C)C)c1. The van der Waals surface area contributed by atoms with Gasteiger partial charge in [-0.1, -0.05) is 26.8 Å². The average molecular weight is 455 g/mol. The number of rotatable bonds is 12. The van der Waals surface area contributed by atoms with Crippen LogP contribution in [-0.2, 0) is 14.4 Å². The van der Waals surface area contributed by atoms with Crippen molar-refractivity contribution in [2.45, 2.75) is 65.8 Å². The highest BCUT2D eigenvalue weighted by Crippen LogP contribution is 2.23. The van der Waals surface area contributed by atoms with Gasteiger partial charge in [0.15, 0.2) is 0 Å². The molecule has 2 atom stereocenters. The number of carbonyl (C=O) groups excluding carboxylic acids is 1. The van der Waals surface area contributed by atoms with Gasteiger partial charge in [0.2, 0.25) is 0 Å². The summed E-state index contributed by atoms with van der Waals surface area (Å²) < 4.78 is 16.0. The predicted molar refractivity (Wildman–Crippen MR) is 120 cm³/mol. The van der Waals surface area contributed by atoms with Gasteiger partial charge in [-0.25, -0.2) is 4.79 Å². The Morgan fingerprint density at radius 3 is 2.12 bits per heavy atom. The first-order valence-electron chi connectivity index (χ1n) is 10.5. The van der Waals surface area contributed by atoms with Gasteiger partial charge in [0.1, 0.15) is 37.4 Å². The molecule has 32 heavy (non-hydrogen) atoms. The minimum Gasteiger partial charge on any atom is -0.734 e. The number of aliphatic hydroxyl groups is 2. The highest BCUT2D eigenvalue weighted by atomic mass is 16.9. The van der Waals surface area contributed by atoms with E-state index >= 15 is 0 Å². The van der Waals surface area contributed by atoms with Crippen LogP contribution in [0.1, 0.15) is 48.0 Å². The molecule has 0 radical (unpaired) electrons. The van der Waals surface area contributed by atoms with Crippen molar-refractivity contribution in [2.75, 3.05) is 19.8 Å². The molecule has 182 valence electrons. The molecule has 2 N–H and O–H groups in total. The number of hydrogen-bond acceptors (Lipinski definition) is 9. The molecule has 9 nitrogen and oxygen atoms in total. The summed E-state index contributed by atoms with van der Waals surface area (Å²) in [6, 6.07) is 6.80. The number of aliphatic hydroxyl groups excluding tert-OH is 2. The van der Waals surface area contributed by atoms with E-state index in [1.807, 2.05) is 20.8 Å². The number of nitrogens with zero attached hydrogens (tertiary/aromatic N) is 1. The highest BCUT2D eigenvalue weighted by molar-refractivity contribution is 5.81. The number of carbonyl (C=O) groups is 1. The van der Waals surface area contributed by atoms with E-state index in [9.17, 15) is 20.2 Å². The summed E-state index contributed by atoms with van der Waals surface area (Å²) in [7, 11) is 0. The molecule has 0 heterocycles. The van der Waals surface area contributed by atoms with Crippen molar-refractivity contribution in [3.05, 3.63) is 41.7 Å². The molecule has 0 saturated heterocycles. The molecule has 0 aliphatic heterocycles. The summed E-state index contributed by atoms with van der Waals surface area (Å²) in [5.74, 6) is 0.187. The Bertz CT molecular complexity index is 723. The first kappa shape index (κ1) is 27.7. The van der Waals surface area contributed by atoms with Crippen LogP contribution in [0.15, 0.2) is 36.5 Å². The second-order valence-electron chi connectivity index (χ2n) is 9.60. The minimum absolute atomic E-state index is 0.00229. The van der Waals surface area contributed by atoms with E-state index in [-0.39, 0.29) is 30.5 Å². The molecule has 0 aliphatic rings. The molecule has 0 bridgehead atoms. The summed E-state index contributed by atoms with van der Waals surface area (Å²) in [6.07, 6.45) is 0.750. The first-order chi connectivity index (χ1) is 14.7. The molecule has 9 heteroatoms. The van der Waals surface area contributed by atoms with E-state index in [2.05, 4.69) is 0 Å². The Morgan fingerprint density at radius 2 is 1.59 bits per heavy atom. The van der Waals surface area contributed by atoms with Gasteiger partial charge < -0.3 is 34.9 Å². The molecule has 0 spiro atoms. The van der Waals surface area contributed by atoms with Gasteiger partial charge >= 0.3 is 5.97 Å². The summed E-state index contributed by atoms with van der Waals surface area (Å²) in [5.41, 5.74) is -0.699. The normalized spacial score (nSPS) is 14.2. The van der Waals surface area contributed by atoms with E-state index in [1.165, 1.54) is 0 Å². The van der Waals surface area contributed by atoms with Crippen molar-refractivity contribution in [2.24, 2.45) is 5.41 Å². The molecular formula is C23H36NO8-. The first-order valence-corrected chi connectivity index (χ1v) is 10.5. The fourth-order valence-corrected chi connectivity index (χ4v) is 2.50. The summed E-state index contributed by atoms with van der Waals surface area (Å²) in [4.78, 5) is 16.6. The van der Waals surface area contributed by atoms with Crippen LogP contribution in [0.4, 0.5) is 0 Å². The van der Waals surface area contributed by atoms with E-state index in [1.54, 1.807) is 45.0 Å². The lowest BCUT2D eigenvalue weighted by Crippen LogP contribution is -2.27. The van der Waals surface area contributed by atoms with Gasteiger partial charge in [0, 0.05) is 18.3 Å². The minimum atomic E-state index is -1.07. The Balaban J connectivity index is 2.37. The van der Waals surface area contributed by atoms with Crippen LogP contribution in [0, 0.1) is 10.6 Å². The van der Waals surface area contributed by atoms with Crippen LogP contribution in [0.2, 0.25) is 0 Å². The molecule has 2 unspecified atom stereocenters. The number of esters is 1. The van der Waals surface area contributed by atoms with E-state index in [0.717, 1.165) is 12.3 Å². The molecule has 0 aliphatic carbocycles. The lowest BCUT2D eigenvalue weighted by molar-refractivity contribution is -0.170. The van der Waals surface area contributed by atoms with Crippen molar-refractivity contribution < 1.29 is 34.1 Å². The number of hydroxylamine groups is 2. The average Bonchev–Trinajstić information content (AvgIpc) is 2.65.